The molecule has 0 radical (unpaired) electrons. The zero-order valence-electron chi connectivity index (χ0n) is 6.19. The first kappa shape index (κ1) is 7.18. The Kier molecular flexibility index (Phi) is 1.47. The van der Waals surface area contributed by atoms with E-state index in [4.69, 9.17) is 0 Å². The molecule has 60 valence electrons. The number of rotatable bonds is 0. The standard InChI is InChI=1S/C7H9NO2S/c1-5-2-3-8-6(9)4-7(8)11(5)10/h2-3,5,7H,4H2,1H3/t5?,7-,11?/m0/s1. The second-order valence-corrected chi connectivity index (χ2v) is 4.78. The minimum absolute atomic E-state index is 0.0255. The van der Waals surface area contributed by atoms with Crippen molar-refractivity contribution in [2.45, 2.75) is 24.0 Å². The van der Waals surface area contributed by atoms with E-state index < -0.39 is 11.2 Å². The first-order valence-electron chi connectivity index (χ1n) is 3.59. The minimum atomic E-state index is -0.875. The van der Waals surface area contributed by atoms with Crippen molar-refractivity contribution in [3.05, 3.63) is 12.3 Å². The Balaban J connectivity index is 2.20. The normalized spacial score (nSPS) is 41.8. The highest BCUT2D eigenvalue weighted by Crippen LogP contribution is 2.31. The number of carbonyl (C=O) groups excluding carboxylic acids is 1. The highest BCUT2D eigenvalue weighted by Gasteiger charge is 2.47. The molecule has 2 heterocycles. The van der Waals surface area contributed by atoms with Crippen molar-refractivity contribution in [3.8, 4) is 0 Å². The lowest BCUT2D eigenvalue weighted by molar-refractivity contribution is -0.138. The topological polar surface area (TPSA) is 43.4 Å². The fourth-order valence-corrected chi connectivity index (χ4v) is 2.75. The van der Waals surface area contributed by atoms with Gasteiger partial charge < -0.3 is 4.55 Å². The SMILES string of the molecule is CC1C=CN2C(=O)C[C@@H]2[S+]1[O-]. The van der Waals surface area contributed by atoms with Gasteiger partial charge in [-0.3, -0.25) is 9.69 Å². The molecular weight excluding hydrogens is 162 g/mol. The maximum atomic E-state index is 11.4. The van der Waals surface area contributed by atoms with Gasteiger partial charge in [0.25, 0.3) is 0 Å². The summed E-state index contributed by atoms with van der Waals surface area (Å²) in [5, 5.41) is 0.0758. The third kappa shape index (κ3) is 0.895. The van der Waals surface area contributed by atoms with Crippen molar-refractivity contribution in [2.75, 3.05) is 0 Å². The average molecular weight is 171 g/mol. The van der Waals surface area contributed by atoms with Gasteiger partial charge in [-0.25, -0.2) is 0 Å². The van der Waals surface area contributed by atoms with Crippen LogP contribution >= 0.6 is 0 Å². The molecule has 0 bridgehead atoms. The summed E-state index contributed by atoms with van der Waals surface area (Å²) in [5.74, 6) is 0.0894. The van der Waals surface area contributed by atoms with Crippen molar-refractivity contribution in [3.63, 3.8) is 0 Å². The van der Waals surface area contributed by atoms with Gasteiger partial charge in [-0.1, -0.05) is 0 Å². The fraction of sp³-hybridized carbons (Fsp3) is 0.571. The second kappa shape index (κ2) is 2.25. The third-order valence-electron chi connectivity index (χ3n) is 2.10. The van der Waals surface area contributed by atoms with Gasteiger partial charge in [0.1, 0.15) is 5.25 Å². The molecule has 2 unspecified atom stereocenters. The lowest BCUT2D eigenvalue weighted by Gasteiger charge is -2.42. The number of fused-ring (bicyclic) bond motifs is 1. The molecule has 2 rings (SSSR count). The van der Waals surface area contributed by atoms with Gasteiger partial charge >= 0.3 is 0 Å². The lowest BCUT2D eigenvalue weighted by atomic mass is 10.2. The molecule has 1 fully saturated rings. The molecular formula is C7H9NO2S. The maximum Gasteiger partial charge on any atom is 0.237 e. The smallest absolute Gasteiger partial charge is 0.237 e. The van der Waals surface area contributed by atoms with E-state index in [0.717, 1.165) is 0 Å². The van der Waals surface area contributed by atoms with E-state index in [0.29, 0.717) is 6.42 Å². The predicted octanol–water partition coefficient (Wildman–Crippen LogP) is 0.209. The molecule has 2 aliphatic heterocycles. The van der Waals surface area contributed by atoms with Gasteiger partial charge in [0.2, 0.25) is 11.3 Å². The van der Waals surface area contributed by atoms with Crippen molar-refractivity contribution in [1.29, 1.82) is 0 Å². The van der Waals surface area contributed by atoms with Crippen molar-refractivity contribution >= 4 is 17.1 Å². The van der Waals surface area contributed by atoms with Crippen LogP contribution < -0.4 is 0 Å². The number of hydrogen-bond donors (Lipinski definition) is 0. The number of carbonyl (C=O) groups is 1. The molecule has 4 heteroatoms. The Morgan fingerprint density at radius 3 is 3.18 bits per heavy atom. The third-order valence-corrected chi connectivity index (χ3v) is 3.92. The Morgan fingerprint density at radius 2 is 2.55 bits per heavy atom. The predicted molar refractivity (Wildman–Crippen MR) is 42.0 cm³/mol. The first-order chi connectivity index (χ1) is 5.20. The molecule has 0 spiro atoms. The van der Waals surface area contributed by atoms with Crippen molar-refractivity contribution in [2.24, 2.45) is 0 Å². The number of β-lactam (4-membered cyclic amide) rings is 1. The summed E-state index contributed by atoms with van der Waals surface area (Å²) in [5.41, 5.74) is 0. The molecule has 0 aromatic carbocycles. The van der Waals surface area contributed by atoms with Gasteiger partial charge in [0, 0.05) is 6.20 Å². The van der Waals surface area contributed by atoms with Crippen molar-refractivity contribution < 1.29 is 9.35 Å². The van der Waals surface area contributed by atoms with Crippen LogP contribution in [0.2, 0.25) is 0 Å². The molecule has 0 saturated carbocycles. The number of hydrogen-bond acceptors (Lipinski definition) is 2. The van der Waals surface area contributed by atoms with E-state index >= 15 is 0 Å². The van der Waals surface area contributed by atoms with Gasteiger partial charge in [-0.15, -0.1) is 0 Å². The Bertz CT molecular complexity index is 228. The van der Waals surface area contributed by atoms with Crippen LogP contribution in [-0.2, 0) is 16.0 Å². The number of amides is 1. The van der Waals surface area contributed by atoms with E-state index in [1.807, 2.05) is 13.0 Å². The van der Waals surface area contributed by atoms with Crippen LogP contribution in [0.5, 0.6) is 0 Å². The first-order valence-corrected chi connectivity index (χ1v) is 4.86. The van der Waals surface area contributed by atoms with Gasteiger partial charge in [-0.05, 0) is 24.2 Å². The minimum Gasteiger partial charge on any atom is -0.614 e. The van der Waals surface area contributed by atoms with Gasteiger partial charge in [0.05, 0.1) is 6.42 Å². The lowest BCUT2D eigenvalue weighted by Crippen LogP contribution is -2.57. The highest BCUT2D eigenvalue weighted by molar-refractivity contribution is 7.92. The number of nitrogens with zero attached hydrogens (tertiary/aromatic N) is 1. The van der Waals surface area contributed by atoms with Crippen LogP contribution in [0.25, 0.3) is 0 Å². The van der Waals surface area contributed by atoms with E-state index in [2.05, 4.69) is 0 Å². The Hall–Kier alpha value is -0.480. The van der Waals surface area contributed by atoms with Crippen LogP contribution in [0.4, 0.5) is 0 Å². The summed E-state index contributed by atoms with van der Waals surface area (Å²) in [7, 11) is 0. The molecule has 11 heavy (non-hydrogen) atoms. The summed E-state index contributed by atoms with van der Waals surface area (Å²) in [6, 6.07) is 0. The highest BCUT2D eigenvalue weighted by atomic mass is 32.2. The molecule has 3 atom stereocenters. The quantitative estimate of drug-likeness (QED) is 0.386. The van der Waals surface area contributed by atoms with Crippen LogP contribution in [0.1, 0.15) is 13.3 Å². The molecule has 0 aromatic rings. The van der Waals surface area contributed by atoms with E-state index in [1.165, 1.54) is 0 Å². The fourth-order valence-electron chi connectivity index (χ4n) is 1.31. The van der Waals surface area contributed by atoms with Crippen LogP contribution in [0.3, 0.4) is 0 Å². The zero-order valence-corrected chi connectivity index (χ0v) is 7.00. The molecule has 0 aliphatic carbocycles. The van der Waals surface area contributed by atoms with E-state index in [-0.39, 0.29) is 16.5 Å². The van der Waals surface area contributed by atoms with Crippen molar-refractivity contribution in [1.82, 2.24) is 4.90 Å². The van der Waals surface area contributed by atoms with Crippen LogP contribution in [0, 0.1) is 0 Å². The summed E-state index contributed by atoms with van der Waals surface area (Å²) >= 11 is -0.875. The molecule has 1 amide bonds. The van der Waals surface area contributed by atoms with E-state index in [1.54, 1.807) is 11.1 Å². The summed E-state index contributed by atoms with van der Waals surface area (Å²) in [4.78, 5) is 12.4. The Labute approximate surface area is 68.2 Å². The monoisotopic (exact) mass is 171 g/mol. The van der Waals surface area contributed by atoms with Crippen LogP contribution in [-0.4, -0.2) is 26.0 Å². The molecule has 3 nitrogen and oxygen atoms in total. The van der Waals surface area contributed by atoms with Gasteiger partial charge in [-0.2, -0.15) is 0 Å². The van der Waals surface area contributed by atoms with E-state index in [9.17, 15) is 9.35 Å². The molecule has 0 N–H and O–H groups in total. The Morgan fingerprint density at radius 1 is 1.82 bits per heavy atom. The largest absolute Gasteiger partial charge is 0.614 e. The maximum absolute atomic E-state index is 11.4. The summed E-state index contributed by atoms with van der Waals surface area (Å²) in [6.07, 6.45) is 4.04. The van der Waals surface area contributed by atoms with Gasteiger partial charge in [0.15, 0.2) is 0 Å². The average Bonchev–Trinajstić information content (AvgIpc) is 1.96. The molecule has 0 aromatic heterocycles. The summed E-state index contributed by atoms with van der Waals surface area (Å²) in [6.45, 7) is 1.91. The second-order valence-electron chi connectivity index (χ2n) is 2.83. The molecule has 2 aliphatic rings. The summed E-state index contributed by atoms with van der Waals surface area (Å²) < 4.78 is 11.4. The zero-order chi connectivity index (χ0) is 8.01. The van der Waals surface area contributed by atoms with Crippen LogP contribution in [0.15, 0.2) is 12.3 Å². The molecule has 1 saturated heterocycles.